The van der Waals surface area contributed by atoms with Crippen LogP contribution in [0.25, 0.3) is 0 Å². The van der Waals surface area contributed by atoms with Gasteiger partial charge in [0.25, 0.3) is 0 Å². The summed E-state index contributed by atoms with van der Waals surface area (Å²) >= 11 is 0. The Balaban J connectivity index is 3.63. The molecule has 0 aromatic carbocycles. The predicted octanol–water partition coefficient (Wildman–Crippen LogP) is -1.20. The van der Waals surface area contributed by atoms with Gasteiger partial charge in [0.2, 0.25) is 11.8 Å². The Morgan fingerprint density at radius 3 is 2.00 bits per heavy atom. The van der Waals surface area contributed by atoms with Gasteiger partial charge in [-0.2, -0.15) is 0 Å². The van der Waals surface area contributed by atoms with E-state index in [-0.39, 0.29) is 0 Å². The van der Waals surface area contributed by atoms with Gasteiger partial charge in [-0.05, 0) is 0 Å². The number of carbonyl (C=O) groups is 2. The summed E-state index contributed by atoms with van der Waals surface area (Å²) in [5, 5.41) is 0. The molecule has 0 fully saturated rings. The molecule has 0 heterocycles. The van der Waals surface area contributed by atoms with Crippen LogP contribution in [0.4, 0.5) is 0 Å². The largest absolute Gasteiger partial charge is 0.369 e. The Hall–Kier alpha value is -1.06. The lowest BCUT2D eigenvalue weighted by molar-refractivity contribution is -0.123. The van der Waals surface area contributed by atoms with Crippen molar-refractivity contribution in [2.45, 2.75) is 6.92 Å². The molecule has 1 atom stereocenters. The van der Waals surface area contributed by atoms with Crippen LogP contribution in [-0.2, 0) is 9.59 Å². The molecular weight excluding hydrogens is 120 g/mol. The van der Waals surface area contributed by atoms with E-state index < -0.39 is 17.7 Å². The van der Waals surface area contributed by atoms with Gasteiger partial charge in [0.1, 0.15) is 0 Å². The lowest BCUT2D eigenvalue weighted by Crippen LogP contribution is -2.26. The Morgan fingerprint density at radius 2 is 1.89 bits per heavy atom. The number of hydrogen-bond donors (Lipinski definition) is 2. The minimum Gasteiger partial charge on any atom is -0.369 e. The van der Waals surface area contributed by atoms with E-state index in [4.69, 9.17) is 11.5 Å². The molecule has 0 bridgehead atoms. The zero-order valence-corrected chi connectivity index (χ0v) is 5.13. The fraction of sp³-hybridized carbons (Fsp3) is 0.400. The van der Waals surface area contributed by atoms with Crippen molar-refractivity contribution in [2.75, 3.05) is 0 Å². The summed E-state index contributed by atoms with van der Waals surface area (Å²) in [6.07, 6.45) is 1.07. The monoisotopic (exact) mass is 129 g/mol. The summed E-state index contributed by atoms with van der Waals surface area (Å²) in [5.74, 6) is -1.74. The van der Waals surface area contributed by atoms with Crippen LogP contribution in [-0.4, -0.2) is 11.8 Å². The Kier molecular flexibility index (Phi) is 2.70. The van der Waals surface area contributed by atoms with Gasteiger partial charge in [-0.1, -0.05) is 6.92 Å². The van der Waals surface area contributed by atoms with Crippen molar-refractivity contribution in [3.63, 3.8) is 0 Å². The van der Waals surface area contributed by atoms with E-state index >= 15 is 0 Å². The van der Waals surface area contributed by atoms with Gasteiger partial charge in [0.15, 0.2) is 0 Å². The molecule has 1 unspecified atom stereocenters. The second kappa shape index (κ2) is 3.06. The molecule has 2 amide bonds. The normalized spacial score (nSPS) is 12.6. The van der Waals surface area contributed by atoms with Crippen LogP contribution in [0.15, 0.2) is 0 Å². The summed E-state index contributed by atoms with van der Waals surface area (Å²) in [6, 6.07) is 0. The van der Waals surface area contributed by atoms with Crippen LogP contribution in [0.5, 0.6) is 0 Å². The van der Waals surface area contributed by atoms with Crippen molar-refractivity contribution in [1.82, 2.24) is 0 Å². The molecule has 1 radical (unpaired) electrons. The van der Waals surface area contributed by atoms with E-state index in [0.29, 0.717) is 0 Å². The molecule has 4 heteroatoms. The zero-order chi connectivity index (χ0) is 7.44. The highest BCUT2D eigenvalue weighted by Crippen LogP contribution is 1.95. The van der Waals surface area contributed by atoms with Crippen molar-refractivity contribution in [1.29, 1.82) is 0 Å². The fourth-order valence-electron chi connectivity index (χ4n) is 0.329. The van der Waals surface area contributed by atoms with Crippen molar-refractivity contribution in [3.8, 4) is 0 Å². The summed E-state index contributed by atoms with van der Waals surface area (Å²) in [7, 11) is 0. The van der Waals surface area contributed by atoms with Crippen LogP contribution in [0, 0.1) is 12.3 Å². The van der Waals surface area contributed by atoms with E-state index in [1.807, 2.05) is 0 Å². The van der Waals surface area contributed by atoms with Crippen molar-refractivity contribution >= 4 is 11.8 Å². The van der Waals surface area contributed by atoms with Gasteiger partial charge in [-0.15, -0.1) is 0 Å². The van der Waals surface area contributed by atoms with E-state index in [1.165, 1.54) is 6.92 Å². The van der Waals surface area contributed by atoms with Crippen LogP contribution in [0.3, 0.4) is 0 Å². The molecule has 0 aliphatic heterocycles. The lowest BCUT2D eigenvalue weighted by Gasteiger charge is -2.00. The number of hydrogen-bond acceptors (Lipinski definition) is 2. The first-order chi connectivity index (χ1) is 4.04. The topological polar surface area (TPSA) is 86.2 Å². The van der Waals surface area contributed by atoms with E-state index in [9.17, 15) is 9.59 Å². The molecule has 0 aliphatic carbocycles. The standard InChI is InChI=1S/C5H9N2O2/c1-3(5(7)9)2-4(6)8/h2-3H,1H3,(H2,6,8)(H2,7,9). The third-order valence-electron chi connectivity index (χ3n) is 0.863. The molecule has 0 rings (SSSR count). The second-order valence-corrected chi connectivity index (χ2v) is 1.76. The highest BCUT2D eigenvalue weighted by molar-refractivity contribution is 5.90. The summed E-state index contributed by atoms with van der Waals surface area (Å²) in [6.45, 7) is 1.51. The minimum atomic E-state index is -0.624. The molecule has 0 saturated heterocycles. The first-order valence-corrected chi connectivity index (χ1v) is 2.47. The minimum absolute atomic E-state index is 0.547. The average molecular weight is 129 g/mol. The van der Waals surface area contributed by atoms with Crippen molar-refractivity contribution < 1.29 is 9.59 Å². The zero-order valence-electron chi connectivity index (χ0n) is 5.13. The SMILES string of the molecule is CC([CH]C(N)=O)C(N)=O. The number of primary amides is 2. The Labute approximate surface area is 53.2 Å². The molecule has 0 aliphatic rings. The maximum atomic E-state index is 10.2. The fourth-order valence-corrected chi connectivity index (χ4v) is 0.329. The molecule has 0 aromatic rings. The van der Waals surface area contributed by atoms with Gasteiger partial charge in [0.05, 0.1) is 6.42 Å². The van der Waals surface area contributed by atoms with Crippen molar-refractivity contribution in [3.05, 3.63) is 6.42 Å². The van der Waals surface area contributed by atoms with Crippen molar-refractivity contribution in [2.24, 2.45) is 17.4 Å². The van der Waals surface area contributed by atoms with Gasteiger partial charge >= 0.3 is 0 Å². The third-order valence-corrected chi connectivity index (χ3v) is 0.863. The van der Waals surface area contributed by atoms with E-state index in [2.05, 4.69) is 0 Å². The highest BCUT2D eigenvalue weighted by Gasteiger charge is 2.11. The molecular formula is C5H9N2O2. The molecule has 0 saturated carbocycles. The third kappa shape index (κ3) is 3.52. The van der Waals surface area contributed by atoms with E-state index in [0.717, 1.165) is 6.42 Å². The number of rotatable bonds is 3. The first-order valence-electron chi connectivity index (χ1n) is 2.47. The highest BCUT2D eigenvalue weighted by atomic mass is 16.2. The van der Waals surface area contributed by atoms with Crippen LogP contribution in [0.1, 0.15) is 6.92 Å². The molecule has 0 aromatic heterocycles. The molecule has 0 spiro atoms. The summed E-state index contributed by atoms with van der Waals surface area (Å²) in [4.78, 5) is 20.3. The smallest absolute Gasteiger partial charge is 0.222 e. The van der Waals surface area contributed by atoms with Crippen LogP contribution < -0.4 is 11.5 Å². The molecule has 4 nitrogen and oxygen atoms in total. The molecule has 9 heavy (non-hydrogen) atoms. The van der Waals surface area contributed by atoms with Gasteiger partial charge in [0, 0.05) is 5.92 Å². The number of amides is 2. The van der Waals surface area contributed by atoms with E-state index in [1.54, 1.807) is 0 Å². The Bertz CT molecular complexity index is 133. The quantitative estimate of drug-likeness (QED) is 0.501. The summed E-state index contributed by atoms with van der Waals surface area (Å²) < 4.78 is 0. The average Bonchev–Trinajstić information content (AvgIpc) is 1.63. The molecule has 4 N–H and O–H groups in total. The maximum absolute atomic E-state index is 10.2. The predicted molar refractivity (Wildman–Crippen MR) is 31.9 cm³/mol. The van der Waals surface area contributed by atoms with Crippen LogP contribution >= 0.6 is 0 Å². The second-order valence-electron chi connectivity index (χ2n) is 1.76. The Morgan fingerprint density at radius 1 is 1.44 bits per heavy atom. The first kappa shape index (κ1) is 7.94. The van der Waals surface area contributed by atoms with Crippen LogP contribution in [0.2, 0.25) is 0 Å². The van der Waals surface area contributed by atoms with Gasteiger partial charge in [-0.25, -0.2) is 0 Å². The summed E-state index contributed by atoms with van der Waals surface area (Å²) in [5.41, 5.74) is 9.54. The molecule has 51 valence electrons. The lowest BCUT2D eigenvalue weighted by atomic mass is 10.1. The number of nitrogens with two attached hydrogens (primary N) is 2. The van der Waals surface area contributed by atoms with Gasteiger partial charge < -0.3 is 11.5 Å². The maximum Gasteiger partial charge on any atom is 0.222 e. The number of carbonyl (C=O) groups excluding carboxylic acids is 2. The van der Waals surface area contributed by atoms with Gasteiger partial charge in [-0.3, -0.25) is 9.59 Å².